The van der Waals surface area contributed by atoms with E-state index in [1.165, 1.54) is 6.26 Å². The van der Waals surface area contributed by atoms with Crippen molar-refractivity contribution in [2.45, 2.75) is 19.8 Å². The van der Waals surface area contributed by atoms with Crippen LogP contribution in [-0.2, 0) is 4.79 Å². The third kappa shape index (κ3) is 2.34. The van der Waals surface area contributed by atoms with Gasteiger partial charge in [-0.15, -0.1) is 0 Å². The minimum atomic E-state index is -0.850. The number of hydrogen-bond donors (Lipinski definition) is 1. The molecule has 0 amide bonds. The molecule has 1 heterocycles. The number of rotatable bonds is 3. The Kier molecular flexibility index (Phi) is 3.14. The molecule has 1 atom stereocenters. The molecule has 0 saturated heterocycles. The van der Waals surface area contributed by atoms with Crippen LogP contribution in [-0.4, -0.2) is 11.1 Å². The maximum Gasteiger partial charge on any atom is 0.314 e. The van der Waals surface area contributed by atoms with Gasteiger partial charge < -0.3 is 9.52 Å². The van der Waals surface area contributed by atoms with E-state index in [1.54, 1.807) is 6.07 Å². The van der Waals surface area contributed by atoms with Crippen molar-refractivity contribution in [1.82, 2.24) is 0 Å². The van der Waals surface area contributed by atoms with Crippen LogP contribution in [0, 0.1) is 5.92 Å². The predicted octanol–water partition coefficient (Wildman–Crippen LogP) is 2.87. The second-order valence-corrected chi connectivity index (χ2v) is 4.14. The van der Waals surface area contributed by atoms with E-state index in [0.29, 0.717) is 5.76 Å². The molecule has 1 unspecified atom stereocenters. The lowest BCUT2D eigenvalue weighted by Gasteiger charge is -2.12. The summed E-state index contributed by atoms with van der Waals surface area (Å²) >= 11 is 3.21. The fourth-order valence-electron chi connectivity index (χ4n) is 1.23. The molecule has 0 bridgehead atoms. The standard InChI is InChI=1S/C9H11BrO3/c1-5(2)8(9(11)12)7-3-6(10)4-13-7/h3-5,8H,1-2H3,(H,11,12). The van der Waals surface area contributed by atoms with Gasteiger partial charge in [0.15, 0.2) is 0 Å². The fourth-order valence-corrected chi connectivity index (χ4v) is 1.55. The molecule has 4 heteroatoms. The Morgan fingerprint density at radius 3 is 2.54 bits per heavy atom. The van der Waals surface area contributed by atoms with Crippen LogP contribution in [0.4, 0.5) is 0 Å². The number of carbonyl (C=O) groups is 1. The molecule has 13 heavy (non-hydrogen) atoms. The Hall–Kier alpha value is -0.770. The summed E-state index contributed by atoms with van der Waals surface area (Å²) < 4.78 is 5.89. The van der Waals surface area contributed by atoms with Crippen LogP contribution in [0.15, 0.2) is 21.2 Å². The molecule has 1 aromatic heterocycles. The number of carboxylic acid groups (broad SMARTS) is 1. The summed E-state index contributed by atoms with van der Waals surface area (Å²) in [6.45, 7) is 3.71. The first kappa shape index (κ1) is 10.3. The number of aliphatic carboxylic acids is 1. The van der Waals surface area contributed by atoms with Gasteiger partial charge >= 0.3 is 5.97 Å². The maximum atomic E-state index is 10.9. The van der Waals surface area contributed by atoms with Gasteiger partial charge in [0.05, 0.1) is 4.47 Å². The smallest absolute Gasteiger partial charge is 0.314 e. The Labute approximate surface area is 84.9 Å². The SMILES string of the molecule is CC(C)C(C(=O)O)c1cc(Br)co1. The average molecular weight is 247 g/mol. The molecule has 1 N–H and O–H groups in total. The molecule has 0 saturated carbocycles. The summed E-state index contributed by atoms with van der Waals surface area (Å²) in [7, 11) is 0. The molecule has 72 valence electrons. The number of hydrogen-bond acceptors (Lipinski definition) is 2. The van der Waals surface area contributed by atoms with Crippen LogP contribution >= 0.6 is 15.9 Å². The highest BCUT2D eigenvalue weighted by Gasteiger charge is 2.26. The first-order valence-corrected chi connectivity index (χ1v) is 4.78. The van der Waals surface area contributed by atoms with E-state index in [4.69, 9.17) is 9.52 Å². The Morgan fingerprint density at radius 1 is 1.62 bits per heavy atom. The highest BCUT2D eigenvalue weighted by atomic mass is 79.9. The first-order valence-electron chi connectivity index (χ1n) is 3.99. The third-order valence-electron chi connectivity index (χ3n) is 1.83. The lowest BCUT2D eigenvalue weighted by molar-refractivity contribution is -0.140. The second kappa shape index (κ2) is 3.96. The molecular weight excluding hydrogens is 236 g/mol. The number of halogens is 1. The maximum absolute atomic E-state index is 10.9. The molecule has 1 rings (SSSR count). The molecule has 0 spiro atoms. The van der Waals surface area contributed by atoms with Gasteiger partial charge in [-0.2, -0.15) is 0 Å². The van der Waals surface area contributed by atoms with E-state index in [1.807, 2.05) is 13.8 Å². The minimum absolute atomic E-state index is 0.0237. The van der Waals surface area contributed by atoms with Crippen molar-refractivity contribution in [2.24, 2.45) is 5.92 Å². The van der Waals surface area contributed by atoms with Crippen molar-refractivity contribution in [3.8, 4) is 0 Å². The predicted molar refractivity (Wildman–Crippen MR) is 51.6 cm³/mol. The normalized spacial score (nSPS) is 13.2. The van der Waals surface area contributed by atoms with E-state index in [9.17, 15) is 4.79 Å². The largest absolute Gasteiger partial charge is 0.481 e. The van der Waals surface area contributed by atoms with Gasteiger partial charge in [0.1, 0.15) is 17.9 Å². The summed E-state index contributed by atoms with van der Waals surface area (Å²) in [5.41, 5.74) is 0. The van der Waals surface area contributed by atoms with Gasteiger partial charge in [-0.3, -0.25) is 4.79 Å². The van der Waals surface area contributed by atoms with E-state index in [0.717, 1.165) is 4.47 Å². The molecule has 0 fully saturated rings. The van der Waals surface area contributed by atoms with Crippen LogP contribution in [0.3, 0.4) is 0 Å². The Morgan fingerprint density at radius 2 is 2.23 bits per heavy atom. The van der Waals surface area contributed by atoms with Crippen LogP contribution in [0.5, 0.6) is 0 Å². The van der Waals surface area contributed by atoms with Gasteiger partial charge in [-0.1, -0.05) is 13.8 Å². The van der Waals surface area contributed by atoms with Crippen LogP contribution in [0.1, 0.15) is 25.5 Å². The van der Waals surface area contributed by atoms with Crippen LogP contribution < -0.4 is 0 Å². The zero-order chi connectivity index (χ0) is 10.0. The quantitative estimate of drug-likeness (QED) is 0.893. The topological polar surface area (TPSA) is 50.4 Å². The fraction of sp³-hybridized carbons (Fsp3) is 0.444. The van der Waals surface area contributed by atoms with E-state index < -0.39 is 11.9 Å². The summed E-state index contributed by atoms with van der Waals surface area (Å²) in [6, 6.07) is 1.69. The molecule has 0 aliphatic rings. The van der Waals surface area contributed by atoms with Gasteiger partial charge in [0, 0.05) is 0 Å². The van der Waals surface area contributed by atoms with Gasteiger partial charge in [0.25, 0.3) is 0 Å². The molecule has 3 nitrogen and oxygen atoms in total. The monoisotopic (exact) mass is 246 g/mol. The molecule has 0 aliphatic carbocycles. The van der Waals surface area contributed by atoms with Gasteiger partial charge in [-0.25, -0.2) is 0 Å². The summed E-state index contributed by atoms with van der Waals surface area (Å²) in [4.78, 5) is 10.9. The molecule has 1 aromatic rings. The van der Waals surface area contributed by atoms with Gasteiger partial charge in [0.2, 0.25) is 0 Å². The lowest BCUT2D eigenvalue weighted by atomic mass is 9.94. The van der Waals surface area contributed by atoms with Crippen LogP contribution in [0.25, 0.3) is 0 Å². The van der Waals surface area contributed by atoms with Crippen molar-refractivity contribution in [2.75, 3.05) is 0 Å². The van der Waals surface area contributed by atoms with Crippen molar-refractivity contribution in [1.29, 1.82) is 0 Å². The molecule has 0 aliphatic heterocycles. The third-order valence-corrected chi connectivity index (χ3v) is 2.24. The highest BCUT2D eigenvalue weighted by Crippen LogP contribution is 2.28. The van der Waals surface area contributed by atoms with E-state index in [-0.39, 0.29) is 5.92 Å². The van der Waals surface area contributed by atoms with Crippen molar-refractivity contribution in [3.63, 3.8) is 0 Å². The van der Waals surface area contributed by atoms with Crippen molar-refractivity contribution < 1.29 is 14.3 Å². The molecule has 0 radical (unpaired) electrons. The summed E-state index contributed by atoms with van der Waals surface area (Å²) in [5.74, 6) is -0.895. The van der Waals surface area contributed by atoms with Gasteiger partial charge in [-0.05, 0) is 27.9 Å². The number of carboxylic acids is 1. The second-order valence-electron chi connectivity index (χ2n) is 3.23. The highest BCUT2D eigenvalue weighted by molar-refractivity contribution is 9.10. The Balaban J connectivity index is 2.95. The zero-order valence-corrected chi connectivity index (χ0v) is 9.04. The van der Waals surface area contributed by atoms with Crippen LogP contribution in [0.2, 0.25) is 0 Å². The molecule has 0 aromatic carbocycles. The van der Waals surface area contributed by atoms with E-state index >= 15 is 0 Å². The van der Waals surface area contributed by atoms with Crippen molar-refractivity contribution in [3.05, 3.63) is 22.6 Å². The molecular formula is C9H11BrO3. The Bertz CT molecular complexity index is 304. The lowest BCUT2D eigenvalue weighted by Crippen LogP contribution is -2.16. The zero-order valence-electron chi connectivity index (χ0n) is 7.45. The first-order chi connectivity index (χ1) is 6.02. The summed E-state index contributed by atoms with van der Waals surface area (Å²) in [5, 5.41) is 8.93. The summed E-state index contributed by atoms with van der Waals surface area (Å²) in [6.07, 6.45) is 1.49. The van der Waals surface area contributed by atoms with E-state index in [2.05, 4.69) is 15.9 Å². The van der Waals surface area contributed by atoms with Crippen molar-refractivity contribution >= 4 is 21.9 Å². The minimum Gasteiger partial charge on any atom is -0.481 e. The number of furan rings is 1. The average Bonchev–Trinajstić information content (AvgIpc) is 2.34.